The van der Waals surface area contributed by atoms with Crippen molar-refractivity contribution in [2.24, 2.45) is 5.73 Å². The van der Waals surface area contributed by atoms with Crippen LogP contribution in [0.15, 0.2) is 30.0 Å². The molecule has 72 valence electrons. The molecule has 1 heterocycles. The number of phenols is 1. The molecule has 0 aromatic heterocycles. The minimum Gasteiger partial charge on any atom is -0.508 e. The molecule has 4 heteroatoms. The van der Waals surface area contributed by atoms with E-state index in [-0.39, 0.29) is 11.4 Å². The van der Waals surface area contributed by atoms with Gasteiger partial charge in [0.05, 0.1) is 0 Å². The summed E-state index contributed by atoms with van der Waals surface area (Å²) in [5, 5.41) is 9.19. The number of esters is 1. The largest absolute Gasteiger partial charge is 0.508 e. The average Bonchev–Trinajstić information content (AvgIpc) is 2.27. The van der Waals surface area contributed by atoms with E-state index in [9.17, 15) is 9.90 Å². The number of benzene rings is 1. The summed E-state index contributed by atoms with van der Waals surface area (Å²) < 4.78 is 4.96. The van der Waals surface area contributed by atoms with Crippen molar-refractivity contribution in [3.05, 3.63) is 35.5 Å². The van der Waals surface area contributed by atoms with Crippen LogP contribution in [0.1, 0.15) is 5.56 Å². The van der Waals surface area contributed by atoms with Crippen LogP contribution < -0.4 is 10.5 Å². The molecule has 0 spiro atoms. The van der Waals surface area contributed by atoms with E-state index in [1.807, 2.05) is 0 Å². The molecule has 0 atom stereocenters. The first kappa shape index (κ1) is 8.62. The maximum Gasteiger partial charge on any atom is 0.359 e. The molecule has 3 N–H and O–H groups in total. The fourth-order valence-corrected chi connectivity index (χ4v) is 1.27. The summed E-state index contributed by atoms with van der Waals surface area (Å²) in [6.07, 6.45) is 2.14. The van der Waals surface area contributed by atoms with E-state index in [2.05, 4.69) is 0 Å². The number of rotatable bonds is 0. The molecule has 0 bridgehead atoms. The predicted molar refractivity (Wildman–Crippen MR) is 49.7 cm³/mol. The van der Waals surface area contributed by atoms with Crippen LogP contribution in [0.4, 0.5) is 0 Å². The van der Waals surface area contributed by atoms with E-state index in [0.29, 0.717) is 12.2 Å². The average molecular weight is 191 g/mol. The number of hydrogen-bond donors (Lipinski definition) is 2. The minimum absolute atomic E-state index is 0.0667. The van der Waals surface area contributed by atoms with E-state index >= 15 is 0 Å². The van der Waals surface area contributed by atoms with Crippen LogP contribution in [0.2, 0.25) is 0 Å². The van der Waals surface area contributed by atoms with Gasteiger partial charge in [0.25, 0.3) is 0 Å². The standard InChI is InChI=1S/C10H9NO3/c11-8-4-2-6-1-3-7(12)5-9(6)14-10(8)13/h1,3-5,12H,2,11H2. The second-order valence-electron chi connectivity index (χ2n) is 3.05. The third kappa shape index (κ3) is 1.42. The van der Waals surface area contributed by atoms with Crippen LogP contribution in [0.5, 0.6) is 11.5 Å². The highest BCUT2D eigenvalue weighted by atomic mass is 16.5. The van der Waals surface area contributed by atoms with E-state index < -0.39 is 5.97 Å². The molecule has 1 aliphatic heterocycles. The van der Waals surface area contributed by atoms with Crippen molar-refractivity contribution < 1.29 is 14.6 Å². The minimum atomic E-state index is -0.575. The highest BCUT2D eigenvalue weighted by Crippen LogP contribution is 2.27. The normalized spacial score (nSPS) is 15.1. The van der Waals surface area contributed by atoms with E-state index in [0.717, 1.165) is 5.56 Å². The molecule has 1 aromatic rings. The number of carbonyl (C=O) groups is 1. The Bertz CT molecular complexity index is 423. The van der Waals surface area contributed by atoms with Gasteiger partial charge >= 0.3 is 5.97 Å². The summed E-state index contributed by atoms with van der Waals surface area (Å²) in [5.74, 6) is -0.141. The molecule has 0 amide bonds. The third-order valence-corrected chi connectivity index (χ3v) is 2.03. The van der Waals surface area contributed by atoms with E-state index in [4.69, 9.17) is 10.5 Å². The topological polar surface area (TPSA) is 72.6 Å². The van der Waals surface area contributed by atoms with Crippen LogP contribution in [0, 0.1) is 0 Å². The maximum atomic E-state index is 11.2. The molecule has 0 radical (unpaired) electrons. The third-order valence-electron chi connectivity index (χ3n) is 2.03. The molecule has 1 aromatic carbocycles. The Balaban J connectivity index is 2.45. The van der Waals surface area contributed by atoms with Crippen molar-refractivity contribution in [2.75, 3.05) is 0 Å². The van der Waals surface area contributed by atoms with E-state index in [1.165, 1.54) is 6.07 Å². The van der Waals surface area contributed by atoms with Gasteiger partial charge in [-0.3, -0.25) is 0 Å². The Kier molecular flexibility index (Phi) is 1.89. The Morgan fingerprint density at radius 3 is 3.00 bits per heavy atom. The molecule has 2 rings (SSSR count). The molecule has 4 nitrogen and oxygen atoms in total. The summed E-state index contributed by atoms with van der Waals surface area (Å²) in [7, 11) is 0. The summed E-state index contributed by atoms with van der Waals surface area (Å²) >= 11 is 0. The summed E-state index contributed by atoms with van der Waals surface area (Å²) in [5.41, 5.74) is 6.35. The van der Waals surface area contributed by atoms with Crippen molar-refractivity contribution >= 4 is 5.97 Å². The fraction of sp³-hybridized carbons (Fsp3) is 0.100. The zero-order chi connectivity index (χ0) is 10.1. The van der Waals surface area contributed by atoms with Gasteiger partial charge in [0.2, 0.25) is 0 Å². The van der Waals surface area contributed by atoms with Gasteiger partial charge in [-0.25, -0.2) is 4.79 Å². The lowest BCUT2D eigenvalue weighted by atomic mass is 10.1. The van der Waals surface area contributed by atoms with Crippen molar-refractivity contribution in [2.45, 2.75) is 6.42 Å². The fourth-order valence-electron chi connectivity index (χ4n) is 1.27. The molecule has 1 aliphatic rings. The van der Waals surface area contributed by atoms with Crippen molar-refractivity contribution in [1.29, 1.82) is 0 Å². The smallest absolute Gasteiger partial charge is 0.359 e. The zero-order valence-corrected chi connectivity index (χ0v) is 7.36. The number of aromatic hydroxyl groups is 1. The SMILES string of the molecule is NC1=CCc2ccc(O)cc2OC1=O. The summed E-state index contributed by atoms with van der Waals surface area (Å²) in [4.78, 5) is 11.2. The van der Waals surface area contributed by atoms with E-state index in [1.54, 1.807) is 18.2 Å². The Morgan fingerprint density at radius 2 is 2.21 bits per heavy atom. The molecule has 0 saturated heterocycles. The lowest BCUT2D eigenvalue weighted by Crippen LogP contribution is -2.16. The molecule has 0 saturated carbocycles. The monoisotopic (exact) mass is 191 g/mol. The van der Waals surface area contributed by atoms with Crippen LogP contribution in [-0.2, 0) is 11.2 Å². The first-order valence-electron chi connectivity index (χ1n) is 4.16. The number of ether oxygens (including phenoxy) is 1. The van der Waals surface area contributed by atoms with Crippen molar-refractivity contribution in [1.82, 2.24) is 0 Å². The van der Waals surface area contributed by atoms with Crippen molar-refractivity contribution in [3.63, 3.8) is 0 Å². The van der Waals surface area contributed by atoms with Gasteiger partial charge in [-0.2, -0.15) is 0 Å². The maximum absolute atomic E-state index is 11.2. The summed E-state index contributed by atoms with van der Waals surface area (Å²) in [6.45, 7) is 0. The number of fused-ring (bicyclic) bond motifs is 1. The lowest BCUT2D eigenvalue weighted by Gasteiger charge is -2.05. The predicted octanol–water partition coefficient (Wildman–Crippen LogP) is 0.696. The number of carbonyl (C=O) groups excluding carboxylic acids is 1. The second-order valence-corrected chi connectivity index (χ2v) is 3.05. The molecule has 0 fully saturated rings. The van der Waals surface area contributed by atoms with Crippen LogP contribution in [-0.4, -0.2) is 11.1 Å². The number of nitrogens with two attached hydrogens (primary N) is 1. The quantitative estimate of drug-likeness (QED) is 0.467. The molecule has 0 unspecified atom stereocenters. The second kappa shape index (κ2) is 3.06. The highest BCUT2D eigenvalue weighted by Gasteiger charge is 2.15. The first-order chi connectivity index (χ1) is 6.66. The van der Waals surface area contributed by atoms with Gasteiger partial charge in [0.15, 0.2) is 0 Å². The first-order valence-corrected chi connectivity index (χ1v) is 4.16. The van der Waals surface area contributed by atoms with Crippen molar-refractivity contribution in [3.8, 4) is 11.5 Å². The zero-order valence-electron chi connectivity index (χ0n) is 7.36. The van der Waals surface area contributed by atoms with Crippen LogP contribution in [0.25, 0.3) is 0 Å². The van der Waals surface area contributed by atoms with Gasteiger partial charge in [0.1, 0.15) is 17.2 Å². The highest BCUT2D eigenvalue weighted by molar-refractivity contribution is 5.90. The number of allylic oxidation sites excluding steroid dienone is 1. The molecule has 0 aliphatic carbocycles. The Morgan fingerprint density at radius 1 is 1.43 bits per heavy atom. The van der Waals surface area contributed by atoms with Gasteiger partial charge < -0.3 is 15.6 Å². The Labute approximate surface area is 80.6 Å². The Hall–Kier alpha value is -1.97. The van der Waals surface area contributed by atoms with Gasteiger partial charge in [-0.05, 0) is 24.1 Å². The van der Waals surface area contributed by atoms with Gasteiger partial charge in [-0.1, -0.05) is 6.07 Å². The molecular weight excluding hydrogens is 182 g/mol. The number of hydrogen-bond acceptors (Lipinski definition) is 4. The van der Waals surface area contributed by atoms with Gasteiger partial charge in [-0.15, -0.1) is 0 Å². The summed E-state index contributed by atoms with van der Waals surface area (Å²) in [6, 6.07) is 4.65. The molecule has 14 heavy (non-hydrogen) atoms. The lowest BCUT2D eigenvalue weighted by molar-refractivity contribution is -0.130. The van der Waals surface area contributed by atoms with Crippen LogP contribution in [0.3, 0.4) is 0 Å². The number of phenolic OH excluding ortho intramolecular Hbond substituents is 1. The van der Waals surface area contributed by atoms with Crippen LogP contribution >= 0.6 is 0 Å². The molecular formula is C10H9NO3. The van der Waals surface area contributed by atoms with Gasteiger partial charge in [0, 0.05) is 6.07 Å².